The van der Waals surface area contributed by atoms with Gasteiger partial charge in [-0.05, 0) is 32.1 Å². The van der Waals surface area contributed by atoms with Crippen LogP contribution in [0.4, 0.5) is 0 Å². The van der Waals surface area contributed by atoms with Crippen LogP contribution < -0.4 is 5.32 Å². The number of hydrogen-bond acceptors (Lipinski definition) is 2. The number of nitrogens with zero attached hydrogens (tertiary/aromatic N) is 1. The third-order valence-corrected chi connectivity index (χ3v) is 3.60. The standard InChI is InChI=1S/C13H22N2O/c1-4-11(8-10-6-7-10)15-12(16)13(3,5-2)9-14/h10-11H,4-8H2,1-3H3,(H,15,16). The molecular weight excluding hydrogens is 200 g/mol. The maximum atomic E-state index is 12.0. The molecule has 0 bridgehead atoms. The van der Waals surface area contributed by atoms with E-state index >= 15 is 0 Å². The lowest BCUT2D eigenvalue weighted by Gasteiger charge is -2.23. The topological polar surface area (TPSA) is 52.9 Å². The quantitative estimate of drug-likeness (QED) is 0.751. The van der Waals surface area contributed by atoms with Crippen molar-refractivity contribution >= 4 is 5.91 Å². The fourth-order valence-electron chi connectivity index (χ4n) is 1.72. The molecule has 0 spiro atoms. The highest BCUT2D eigenvalue weighted by Crippen LogP contribution is 2.34. The highest BCUT2D eigenvalue weighted by molar-refractivity contribution is 5.85. The molecule has 0 saturated heterocycles. The molecule has 3 heteroatoms. The summed E-state index contributed by atoms with van der Waals surface area (Å²) in [6, 6.07) is 2.36. The number of carbonyl (C=O) groups excluding carboxylic acids is 1. The van der Waals surface area contributed by atoms with E-state index in [1.165, 1.54) is 12.8 Å². The van der Waals surface area contributed by atoms with Gasteiger partial charge in [-0.2, -0.15) is 5.26 Å². The summed E-state index contributed by atoms with van der Waals surface area (Å²) >= 11 is 0. The zero-order valence-electron chi connectivity index (χ0n) is 10.5. The van der Waals surface area contributed by atoms with Gasteiger partial charge in [0.15, 0.2) is 0 Å². The first-order chi connectivity index (χ1) is 7.55. The summed E-state index contributed by atoms with van der Waals surface area (Å²) in [6.45, 7) is 5.68. The first kappa shape index (κ1) is 13.0. The summed E-state index contributed by atoms with van der Waals surface area (Å²) in [5.74, 6) is 0.699. The average Bonchev–Trinajstić information content (AvgIpc) is 3.10. The molecule has 1 saturated carbocycles. The second-order valence-electron chi connectivity index (χ2n) is 5.06. The molecular formula is C13H22N2O. The summed E-state index contributed by atoms with van der Waals surface area (Å²) in [6.07, 6.45) is 5.20. The van der Waals surface area contributed by atoms with Crippen LogP contribution in [0.5, 0.6) is 0 Å². The van der Waals surface area contributed by atoms with E-state index in [0.29, 0.717) is 6.42 Å². The van der Waals surface area contributed by atoms with E-state index in [0.717, 1.165) is 18.8 Å². The minimum absolute atomic E-state index is 0.106. The Morgan fingerprint density at radius 1 is 1.56 bits per heavy atom. The third kappa shape index (κ3) is 3.23. The van der Waals surface area contributed by atoms with E-state index in [1.807, 2.05) is 6.92 Å². The molecule has 3 nitrogen and oxygen atoms in total. The van der Waals surface area contributed by atoms with Crippen molar-refractivity contribution in [2.24, 2.45) is 11.3 Å². The Morgan fingerprint density at radius 2 is 2.19 bits per heavy atom. The maximum absolute atomic E-state index is 12.0. The van der Waals surface area contributed by atoms with Gasteiger partial charge in [-0.1, -0.05) is 26.7 Å². The van der Waals surface area contributed by atoms with Crippen molar-refractivity contribution in [1.29, 1.82) is 5.26 Å². The maximum Gasteiger partial charge on any atom is 0.240 e. The molecule has 1 rings (SSSR count). The second kappa shape index (κ2) is 5.34. The van der Waals surface area contributed by atoms with Crippen molar-refractivity contribution in [2.75, 3.05) is 0 Å². The monoisotopic (exact) mass is 222 g/mol. The van der Waals surface area contributed by atoms with E-state index < -0.39 is 5.41 Å². The normalized spacial score (nSPS) is 20.6. The highest BCUT2D eigenvalue weighted by Gasteiger charge is 2.33. The van der Waals surface area contributed by atoms with E-state index in [9.17, 15) is 4.79 Å². The zero-order valence-corrected chi connectivity index (χ0v) is 10.5. The van der Waals surface area contributed by atoms with Crippen molar-refractivity contribution in [2.45, 2.75) is 58.9 Å². The van der Waals surface area contributed by atoms with Crippen LogP contribution >= 0.6 is 0 Å². The molecule has 1 fully saturated rings. The SMILES string of the molecule is CCC(CC1CC1)NC(=O)C(C)(C#N)CC. The largest absolute Gasteiger partial charge is 0.352 e. The molecule has 0 aromatic heterocycles. The van der Waals surface area contributed by atoms with Gasteiger partial charge in [-0.15, -0.1) is 0 Å². The average molecular weight is 222 g/mol. The van der Waals surface area contributed by atoms with Gasteiger partial charge in [0.2, 0.25) is 5.91 Å². The van der Waals surface area contributed by atoms with Gasteiger partial charge in [-0.25, -0.2) is 0 Å². The predicted octanol–water partition coefficient (Wildman–Crippen LogP) is 2.62. The molecule has 1 N–H and O–H groups in total. The molecule has 2 unspecified atom stereocenters. The lowest BCUT2D eigenvalue weighted by Crippen LogP contribution is -2.43. The molecule has 0 heterocycles. The lowest BCUT2D eigenvalue weighted by molar-refractivity contribution is -0.128. The van der Waals surface area contributed by atoms with Crippen LogP contribution in [-0.4, -0.2) is 11.9 Å². The molecule has 1 amide bonds. The predicted molar refractivity (Wildman–Crippen MR) is 63.6 cm³/mol. The number of nitrogens with one attached hydrogen (secondary N) is 1. The fourth-order valence-corrected chi connectivity index (χ4v) is 1.72. The Kier molecular flexibility index (Phi) is 4.35. The fraction of sp³-hybridized carbons (Fsp3) is 0.846. The van der Waals surface area contributed by atoms with Gasteiger partial charge in [-0.3, -0.25) is 4.79 Å². The van der Waals surface area contributed by atoms with Gasteiger partial charge in [0, 0.05) is 6.04 Å². The first-order valence-electron chi connectivity index (χ1n) is 6.28. The third-order valence-electron chi connectivity index (χ3n) is 3.60. The van der Waals surface area contributed by atoms with Gasteiger partial charge >= 0.3 is 0 Å². The molecule has 0 aromatic carbocycles. The number of nitriles is 1. The van der Waals surface area contributed by atoms with Crippen molar-refractivity contribution in [1.82, 2.24) is 5.32 Å². The minimum Gasteiger partial charge on any atom is -0.352 e. The van der Waals surface area contributed by atoms with Gasteiger partial charge < -0.3 is 5.32 Å². The Labute approximate surface area is 98.2 Å². The molecule has 1 aliphatic carbocycles. The van der Waals surface area contributed by atoms with Crippen LogP contribution in [0.25, 0.3) is 0 Å². The Balaban J connectivity index is 2.50. The van der Waals surface area contributed by atoms with E-state index in [2.05, 4.69) is 18.3 Å². The van der Waals surface area contributed by atoms with Gasteiger partial charge in [0.05, 0.1) is 6.07 Å². The molecule has 1 aliphatic rings. The molecule has 0 aliphatic heterocycles. The lowest BCUT2D eigenvalue weighted by atomic mass is 9.88. The summed E-state index contributed by atoms with van der Waals surface area (Å²) in [5.41, 5.74) is -0.864. The number of hydrogen-bond donors (Lipinski definition) is 1. The van der Waals surface area contributed by atoms with Crippen LogP contribution in [0.1, 0.15) is 52.9 Å². The Hall–Kier alpha value is -1.04. The summed E-state index contributed by atoms with van der Waals surface area (Å²) in [7, 11) is 0. The van der Waals surface area contributed by atoms with Crippen molar-refractivity contribution in [3.8, 4) is 6.07 Å². The highest BCUT2D eigenvalue weighted by atomic mass is 16.2. The summed E-state index contributed by atoms with van der Waals surface area (Å²) < 4.78 is 0. The van der Waals surface area contributed by atoms with E-state index in [1.54, 1.807) is 6.92 Å². The van der Waals surface area contributed by atoms with Crippen molar-refractivity contribution in [3.63, 3.8) is 0 Å². The molecule has 0 radical (unpaired) electrons. The number of rotatable bonds is 6. The molecule has 16 heavy (non-hydrogen) atoms. The number of amides is 1. The summed E-state index contributed by atoms with van der Waals surface area (Å²) in [4.78, 5) is 12.0. The van der Waals surface area contributed by atoms with E-state index in [-0.39, 0.29) is 11.9 Å². The van der Waals surface area contributed by atoms with Crippen LogP contribution in [-0.2, 0) is 4.79 Å². The number of carbonyl (C=O) groups is 1. The smallest absolute Gasteiger partial charge is 0.240 e. The molecule has 2 atom stereocenters. The van der Waals surface area contributed by atoms with Crippen molar-refractivity contribution < 1.29 is 4.79 Å². The molecule has 0 aromatic rings. The second-order valence-corrected chi connectivity index (χ2v) is 5.06. The van der Waals surface area contributed by atoms with Gasteiger partial charge in [0.1, 0.15) is 5.41 Å². The Morgan fingerprint density at radius 3 is 2.56 bits per heavy atom. The van der Waals surface area contributed by atoms with Crippen molar-refractivity contribution in [3.05, 3.63) is 0 Å². The van der Waals surface area contributed by atoms with Crippen LogP contribution in [0.3, 0.4) is 0 Å². The minimum atomic E-state index is -0.864. The molecule has 90 valence electrons. The van der Waals surface area contributed by atoms with Crippen LogP contribution in [0, 0.1) is 22.7 Å². The van der Waals surface area contributed by atoms with Crippen LogP contribution in [0.2, 0.25) is 0 Å². The zero-order chi connectivity index (χ0) is 12.2. The first-order valence-corrected chi connectivity index (χ1v) is 6.28. The Bertz CT molecular complexity index is 291. The summed E-state index contributed by atoms with van der Waals surface area (Å²) in [5, 5.41) is 12.0. The van der Waals surface area contributed by atoms with Gasteiger partial charge in [0.25, 0.3) is 0 Å². The van der Waals surface area contributed by atoms with Crippen LogP contribution in [0.15, 0.2) is 0 Å². The van der Waals surface area contributed by atoms with E-state index in [4.69, 9.17) is 5.26 Å².